The lowest BCUT2D eigenvalue weighted by atomic mass is 10.1. The van der Waals surface area contributed by atoms with E-state index in [9.17, 15) is 0 Å². The molecule has 0 saturated carbocycles. The van der Waals surface area contributed by atoms with Crippen LogP contribution in [-0.2, 0) is 4.74 Å². The maximum Gasteiger partial charge on any atom is 0.0947 e. The molecule has 0 fully saturated rings. The molecule has 0 amide bonds. The van der Waals surface area contributed by atoms with E-state index in [1.54, 1.807) is 0 Å². The van der Waals surface area contributed by atoms with Gasteiger partial charge in [0.15, 0.2) is 0 Å². The monoisotopic (exact) mass is 243 g/mol. The second-order valence-electron chi connectivity index (χ2n) is 2.73. The predicted molar refractivity (Wildman–Crippen MR) is 57.6 cm³/mol. The molecule has 1 aromatic rings. The lowest BCUT2D eigenvalue weighted by Crippen LogP contribution is -2.15. The topological polar surface area (TPSA) is 35.2 Å². The molecule has 0 saturated heterocycles. The van der Waals surface area contributed by atoms with Crippen LogP contribution >= 0.6 is 15.9 Å². The standard InChI is InChI=1S/C10H14BrNO/c1-2-13-10(7-12)8-4-3-5-9(11)6-8/h3-6,10H,2,7,12H2,1H3/t10-/m1/s1. The third kappa shape index (κ3) is 3.10. The number of nitrogens with two attached hydrogens (primary N) is 1. The van der Waals surface area contributed by atoms with Crippen LogP contribution in [0.5, 0.6) is 0 Å². The molecule has 0 heterocycles. The van der Waals surface area contributed by atoms with Gasteiger partial charge in [0.25, 0.3) is 0 Å². The highest BCUT2D eigenvalue weighted by atomic mass is 79.9. The lowest BCUT2D eigenvalue weighted by molar-refractivity contribution is 0.0688. The zero-order valence-corrected chi connectivity index (χ0v) is 9.25. The average molecular weight is 244 g/mol. The Hall–Kier alpha value is -0.380. The van der Waals surface area contributed by atoms with Crippen LogP contribution in [0.25, 0.3) is 0 Å². The summed E-state index contributed by atoms with van der Waals surface area (Å²) >= 11 is 3.41. The van der Waals surface area contributed by atoms with Crippen LogP contribution in [0.1, 0.15) is 18.6 Å². The van der Waals surface area contributed by atoms with E-state index < -0.39 is 0 Å². The highest BCUT2D eigenvalue weighted by Crippen LogP contribution is 2.20. The minimum Gasteiger partial charge on any atom is -0.372 e. The van der Waals surface area contributed by atoms with Crippen molar-refractivity contribution in [3.05, 3.63) is 34.3 Å². The molecule has 0 radical (unpaired) electrons. The molecule has 0 spiro atoms. The summed E-state index contributed by atoms with van der Waals surface area (Å²) in [6.45, 7) is 3.18. The molecule has 0 bridgehead atoms. The summed E-state index contributed by atoms with van der Waals surface area (Å²) in [5.74, 6) is 0. The zero-order chi connectivity index (χ0) is 9.68. The normalized spacial score (nSPS) is 12.8. The summed E-state index contributed by atoms with van der Waals surface area (Å²) in [7, 11) is 0. The molecular weight excluding hydrogens is 230 g/mol. The smallest absolute Gasteiger partial charge is 0.0947 e. The molecule has 2 nitrogen and oxygen atoms in total. The van der Waals surface area contributed by atoms with Crippen molar-refractivity contribution in [2.24, 2.45) is 5.73 Å². The molecule has 3 heteroatoms. The van der Waals surface area contributed by atoms with Crippen LogP contribution in [0, 0.1) is 0 Å². The Kier molecular flexibility index (Phi) is 4.42. The highest BCUT2D eigenvalue weighted by Gasteiger charge is 2.08. The van der Waals surface area contributed by atoms with Crippen molar-refractivity contribution in [1.29, 1.82) is 0 Å². The summed E-state index contributed by atoms with van der Waals surface area (Å²) in [6, 6.07) is 8.04. The second-order valence-corrected chi connectivity index (χ2v) is 3.65. The van der Waals surface area contributed by atoms with Gasteiger partial charge in [-0.3, -0.25) is 0 Å². The minimum atomic E-state index is 0.0162. The van der Waals surface area contributed by atoms with Gasteiger partial charge < -0.3 is 10.5 Å². The molecular formula is C10H14BrNO. The van der Waals surface area contributed by atoms with Crippen LogP contribution in [0.15, 0.2) is 28.7 Å². The van der Waals surface area contributed by atoms with Crippen LogP contribution < -0.4 is 5.73 Å². The minimum absolute atomic E-state index is 0.0162. The van der Waals surface area contributed by atoms with E-state index in [0.29, 0.717) is 13.2 Å². The van der Waals surface area contributed by atoms with E-state index in [1.165, 1.54) is 0 Å². The maximum absolute atomic E-state index is 5.60. The SMILES string of the molecule is CCO[C@H](CN)c1cccc(Br)c1. The number of benzene rings is 1. The number of ether oxygens (including phenoxy) is 1. The number of hydrogen-bond acceptors (Lipinski definition) is 2. The number of hydrogen-bond donors (Lipinski definition) is 1. The van der Waals surface area contributed by atoms with Gasteiger partial charge in [-0.1, -0.05) is 28.1 Å². The summed E-state index contributed by atoms with van der Waals surface area (Å²) in [5.41, 5.74) is 6.72. The fraction of sp³-hybridized carbons (Fsp3) is 0.400. The third-order valence-electron chi connectivity index (χ3n) is 1.80. The number of rotatable bonds is 4. The van der Waals surface area contributed by atoms with Crippen molar-refractivity contribution in [3.63, 3.8) is 0 Å². The Labute approximate surface area is 87.2 Å². The molecule has 13 heavy (non-hydrogen) atoms. The van der Waals surface area contributed by atoms with Crippen molar-refractivity contribution in [1.82, 2.24) is 0 Å². The summed E-state index contributed by atoms with van der Waals surface area (Å²) in [5, 5.41) is 0. The van der Waals surface area contributed by atoms with E-state index in [1.807, 2.05) is 31.2 Å². The van der Waals surface area contributed by atoms with E-state index >= 15 is 0 Å². The van der Waals surface area contributed by atoms with Gasteiger partial charge in [-0.25, -0.2) is 0 Å². The van der Waals surface area contributed by atoms with Crippen molar-refractivity contribution in [3.8, 4) is 0 Å². The number of halogens is 1. The van der Waals surface area contributed by atoms with E-state index in [0.717, 1.165) is 10.0 Å². The predicted octanol–water partition coefficient (Wildman–Crippen LogP) is 2.49. The van der Waals surface area contributed by atoms with Gasteiger partial charge in [0.2, 0.25) is 0 Å². The van der Waals surface area contributed by atoms with Gasteiger partial charge in [0.1, 0.15) is 0 Å². The summed E-state index contributed by atoms with van der Waals surface area (Å²) < 4.78 is 6.54. The van der Waals surface area contributed by atoms with E-state index in [-0.39, 0.29) is 6.10 Å². The van der Waals surface area contributed by atoms with Crippen molar-refractivity contribution in [2.45, 2.75) is 13.0 Å². The maximum atomic E-state index is 5.60. The third-order valence-corrected chi connectivity index (χ3v) is 2.30. The Balaban J connectivity index is 2.78. The molecule has 0 unspecified atom stereocenters. The molecule has 0 aromatic heterocycles. The highest BCUT2D eigenvalue weighted by molar-refractivity contribution is 9.10. The van der Waals surface area contributed by atoms with Gasteiger partial charge in [-0.05, 0) is 24.6 Å². The molecule has 0 aliphatic carbocycles. The first-order valence-electron chi connectivity index (χ1n) is 4.35. The second kappa shape index (κ2) is 5.37. The summed E-state index contributed by atoms with van der Waals surface area (Å²) in [6.07, 6.45) is 0.0162. The van der Waals surface area contributed by atoms with E-state index in [4.69, 9.17) is 10.5 Å². The van der Waals surface area contributed by atoms with Gasteiger partial charge in [-0.15, -0.1) is 0 Å². The quantitative estimate of drug-likeness (QED) is 0.883. The fourth-order valence-corrected chi connectivity index (χ4v) is 1.63. The Morgan fingerprint density at radius 3 is 2.85 bits per heavy atom. The van der Waals surface area contributed by atoms with Gasteiger partial charge in [0.05, 0.1) is 6.10 Å². The van der Waals surface area contributed by atoms with Crippen LogP contribution in [-0.4, -0.2) is 13.2 Å². The van der Waals surface area contributed by atoms with Crippen molar-refractivity contribution < 1.29 is 4.74 Å². The average Bonchev–Trinajstić information content (AvgIpc) is 2.14. The fourth-order valence-electron chi connectivity index (χ4n) is 1.21. The zero-order valence-electron chi connectivity index (χ0n) is 7.66. The van der Waals surface area contributed by atoms with Gasteiger partial charge >= 0.3 is 0 Å². The van der Waals surface area contributed by atoms with Gasteiger partial charge in [-0.2, -0.15) is 0 Å². The molecule has 1 aromatic carbocycles. The molecule has 1 rings (SSSR count). The van der Waals surface area contributed by atoms with Crippen molar-refractivity contribution in [2.75, 3.05) is 13.2 Å². The molecule has 0 aliphatic heterocycles. The first-order chi connectivity index (χ1) is 6.27. The Morgan fingerprint density at radius 2 is 2.31 bits per heavy atom. The van der Waals surface area contributed by atoms with E-state index in [2.05, 4.69) is 15.9 Å². The van der Waals surface area contributed by atoms with Crippen LogP contribution in [0.2, 0.25) is 0 Å². The largest absolute Gasteiger partial charge is 0.372 e. The van der Waals surface area contributed by atoms with Crippen molar-refractivity contribution >= 4 is 15.9 Å². The first kappa shape index (κ1) is 10.7. The Bertz CT molecular complexity index is 265. The Morgan fingerprint density at radius 1 is 1.54 bits per heavy atom. The van der Waals surface area contributed by atoms with Crippen LogP contribution in [0.3, 0.4) is 0 Å². The molecule has 0 aliphatic rings. The first-order valence-corrected chi connectivity index (χ1v) is 5.14. The van der Waals surface area contributed by atoms with Gasteiger partial charge in [0, 0.05) is 17.6 Å². The molecule has 2 N–H and O–H groups in total. The summed E-state index contributed by atoms with van der Waals surface area (Å²) in [4.78, 5) is 0. The molecule has 1 atom stereocenters. The molecule has 72 valence electrons. The lowest BCUT2D eigenvalue weighted by Gasteiger charge is -2.15. The van der Waals surface area contributed by atoms with Crippen LogP contribution in [0.4, 0.5) is 0 Å².